The minimum Gasteiger partial charge on any atom is -0.392 e. The van der Waals surface area contributed by atoms with Crippen LogP contribution in [0.5, 0.6) is 0 Å². The molecule has 106 valence electrons. The van der Waals surface area contributed by atoms with Crippen molar-refractivity contribution < 1.29 is 13.5 Å². The molecule has 0 amide bonds. The van der Waals surface area contributed by atoms with Gasteiger partial charge in [-0.2, -0.15) is 16.1 Å². The lowest BCUT2D eigenvalue weighted by molar-refractivity contribution is 0.281. The fourth-order valence-electron chi connectivity index (χ4n) is 2.28. The van der Waals surface area contributed by atoms with Crippen LogP contribution in [0.4, 0.5) is 0 Å². The van der Waals surface area contributed by atoms with E-state index in [1.165, 1.54) is 0 Å². The fourth-order valence-corrected chi connectivity index (χ4v) is 5.48. The highest BCUT2D eigenvalue weighted by Crippen LogP contribution is 2.29. The zero-order valence-electron chi connectivity index (χ0n) is 11.1. The molecule has 2 rings (SSSR count). The zero-order chi connectivity index (χ0) is 14.0. The summed E-state index contributed by atoms with van der Waals surface area (Å²) in [5.74, 6) is 0. The highest BCUT2D eigenvalue weighted by molar-refractivity contribution is 8.00. The number of aliphatic hydroxyl groups is 1. The van der Waals surface area contributed by atoms with E-state index in [9.17, 15) is 8.42 Å². The van der Waals surface area contributed by atoms with Crippen LogP contribution in [0.1, 0.15) is 19.4 Å². The summed E-state index contributed by atoms with van der Waals surface area (Å²) in [6, 6.07) is 6.53. The summed E-state index contributed by atoms with van der Waals surface area (Å²) in [6.45, 7) is 5.04. The van der Waals surface area contributed by atoms with Gasteiger partial charge in [0.2, 0.25) is 10.0 Å². The lowest BCUT2D eigenvalue weighted by Gasteiger charge is -2.33. The van der Waals surface area contributed by atoms with Crippen molar-refractivity contribution in [3.05, 3.63) is 29.8 Å². The molecule has 1 N–H and O–H groups in total. The molecule has 0 radical (unpaired) electrons. The molecule has 1 fully saturated rings. The number of nitrogens with zero attached hydrogens (tertiary/aromatic N) is 1. The number of benzene rings is 1. The van der Waals surface area contributed by atoms with E-state index in [1.54, 1.807) is 28.6 Å². The topological polar surface area (TPSA) is 57.6 Å². The monoisotopic (exact) mass is 301 g/mol. The Bertz CT molecular complexity index is 535. The molecule has 2 unspecified atom stereocenters. The summed E-state index contributed by atoms with van der Waals surface area (Å²) in [7, 11) is -3.45. The van der Waals surface area contributed by atoms with Gasteiger partial charge in [-0.25, -0.2) is 8.42 Å². The molecule has 1 saturated heterocycles. The van der Waals surface area contributed by atoms with Crippen LogP contribution >= 0.6 is 11.8 Å². The number of aliphatic hydroxyl groups excluding tert-OH is 1. The van der Waals surface area contributed by atoms with Crippen LogP contribution in [0.25, 0.3) is 0 Å². The lowest BCUT2D eigenvalue weighted by atomic mass is 10.2. The number of hydrogen-bond acceptors (Lipinski definition) is 4. The Balaban J connectivity index is 2.30. The van der Waals surface area contributed by atoms with Crippen molar-refractivity contribution in [2.45, 2.75) is 35.8 Å². The Morgan fingerprint density at radius 1 is 1.32 bits per heavy atom. The largest absolute Gasteiger partial charge is 0.392 e. The number of sulfonamides is 1. The van der Waals surface area contributed by atoms with E-state index in [1.807, 2.05) is 25.6 Å². The fraction of sp³-hybridized carbons (Fsp3) is 0.538. The van der Waals surface area contributed by atoms with Gasteiger partial charge in [0.25, 0.3) is 0 Å². The van der Waals surface area contributed by atoms with Crippen LogP contribution in [-0.4, -0.2) is 41.4 Å². The first-order valence-corrected chi connectivity index (χ1v) is 8.67. The second-order valence-corrected chi connectivity index (χ2v) is 8.70. The molecule has 0 bridgehead atoms. The highest BCUT2D eigenvalue weighted by atomic mass is 32.2. The third-order valence-corrected chi connectivity index (χ3v) is 6.16. The molecule has 1 aliphatic rings. The molecule has 1 heterocycles. The highest BCUT2D eigenvalue weighted by Gasteiger charge is 2.31. The third kappa shape index (κ3) is 3.31. The van der Waals surface area contributed by atoms with E-state index in [2.05, 4.69) is 0 Å². The average Bonchev–Trinajstić information content (AvgIpc) is 2.37. The summed E-state index contributed by atoms with van der Waals surface area (Å²) in [5.41, 5.74) is 0.619. The molecule has 1 aromatic carbocycles. The minimum absolute atomic E-state index is 0.147. The first kappa shape index (κ1) is 14.8. The normalized spacial score (nSPS) is 25.4. The second kappa shape index (κ2) is 5.83. The van der Waals surface area contributed by atoms with Crippen LogP contribution in [0.2, 0.25) is 0 Å². The molecule has 0 saturated carbocycles. The van der Waals surface area contributed by atoms with Crippen LogP contribution in [-0.2, 0) is 16.6 Å². The van der Waals surface area contributed by atoms with Crippen molar-refractivity contribution in [3.63, 3.8) is 0 Å². The Kier molecular flexibility index (Phi) is 4.55. The summed E-state index contributed by atoms with van der Waals surface area (Å²) in [5, 5.41) is 9.72. The molecule has 0 aromatic heterocycles. The van der Waals surface area contributed by atoms with Crippen LogP contribution in [0.15, 0.2) is 29.2 Å². The number of thioether (sulfide) groups is 1. The molecule has 2 atom stereocenters. The molecule has 0 spiro atoms. The summed E-state index contributed by atoms with van der Waals surface area (Å²) >= 11 is 1.82. The Morgan fingerprint density at radius 2 is 1.95 bits per heavy atom. The predicted octanol–water partition coefficient (Wildman–Crippen LogP) is 1.69. The summed E-state index contributed by atoms with van der Waals surface area (Å²) < 4.78 is 26.7. The van der Waals surface area contributed by atoms with Crippen LogP contribution in [0, 0.1) is 0 Å². The van der Waals surface area contributed by atoms with Gasteiger partial charge in [0.15, 0.2) is 0 Å². The van der Waals surface area contributed by atoms with Gasteiger partial charge in [0.1, 0.15) is 0 Å². The number of hydrogen-bond donors (Lipinski definition) is 1. The maximum Gasteiger partial charge on any atom is 0.243 e. The molecule has 19 heavy (non-hydrogen) atoms. The summed E-state index contributed by atoms with van der Waals surface area (Å²) in [4.78, 5) is 0.269. The zero-order valence-corrected chi connectivity index (χ0v) is 12.7. The molecular formula is C13H19NO3S2. The van der Waals surface area contributed by atoms with E-state index in [0.717, 1.165) is 0 Å². The van der Waals surface area contributed by atoms with Crippen molar-refractivity contribution in [3.8, 4) is 0 Å². The van der Waals surface area contributed by atoms with Crippen LogP contribution < -0.4 is 0 Å². The maximum atomic E-state index is 12.6. The predicted molar refractivity (Wildman–Crippen MR) is 77.6 cm³/mol. The molecule has 6 heteroatoms. The molecule has 1 aromatic rings. The maximum absolute atomic E-state index is 12.6. The van der Waals surface area contributed by atoms with Crippen LogP contribution in [0.3, 0.4) is 0 Å². The lowest BCUT2D eigenvalue weighted by Crippen LogP contribution is -2.43. The van der Waals surface area contributed by atoms with Crippen molar-refractivity contribution >= 4 is 21.8 Å². The van der Waals surface area contributed by atoms with Crippen molar-refractivity contribution in [1.82, 2.24) is 4.31 Å². The van der Waals surface area contributed by atoms with Crippen molar-refractivity contribution in [2.24, 2.45) is 0 Å². The first-order chi connectivity index (χ1) is 8.93. The standard InChI is InChI=1S/C13H19NO3S2/c1-10-7-14(8-11(2)18-10)19(16,17)13-5-3-4-12(6-13)9-15/h3-6,10-11,15H,7-9H2,1-2H3. The van der Waals surface area contributed by atoms with Crippen molar-refractivity contribution in [2.75, 3.05) is 13.1 Å². The quantitative estimate of drug-likeness (QED) is 0.923. The Labute approximate surface area is 118 Å². The smallest absolute Gasteiger partial charge is 0.243 e. The summed E-state index contributed by atoms with van der Waals surface area (Å²) in [6.07, 6.45) is 0. The van der Waals surface area contributed by atoms with Gasteiger partial charge in [-0.15, -0.1) is 0 Å². The molecule has 1 aliphatic heterocycles. The van der Waals surface area contributed by atoms with Gasteiger partial charge in [0.05, 0.1) is 11.5 Å². The Morgan fingerprint density at radius 3 is 2.53 bits per heavy atom. The van der Waals surface area contributed by atoms with E-state index < -0.39 is 10.0 Å². The first-order valence-electron chi connectivity index (χ1n) is 6.29. The van der Waals surface area contributed by atoms with E-state index in [4.69, 9.17) is 5.11 Å². The van der Waals surface area contributed by atoms with Gasteiger partial charge in [-0.05, 0) is 17.7 Å². The van der Waals surface area contributed by atoms with Gasteiger partial charge >= 0.3 is 0 Å². The van der Waals surface area contributed by atoms with Gasteiger partial charge in [-0.1, -0.05) is 26.0 Å². The second-order valence-electron chi connectivity index (χ2n) is 4.88. The number of rotatable bonds is 3. The minimum atomic E-state index is -3.45. The van der Waals surface area contributed by atoms with Crippen molar-refractivity contribution in [1.29, 1.82) is 0 Å². The van der Waals surface area contributed by atoms with E-state index in [-0.39, 0.29) is 11.5 Å². The van der Waals surface area contributed by atoms with Gasteiger partial charge in [-0.3, -0.25) is 0 Å². The van der Waals surface area contributed by atoms with E-state index >= 15 is 0 Å². The third-order valence-electron chi connectivity index (χ3n) is 3.10. The average molecular weight is 301 g/mol. The van der Waals surface area contributed by atoms with Gasteiger partial charge < -0.3 is 5.11 Å². The molecular weight excluding hydrogens is 282 g/mol. The SMILES string of the molecule is CC1CN(S(=O)(=O)c2cccc(CO)c2)CC(C)S1. The molecule has 4 nitrogen and oxygen atoms in total. The van der Waals surface area contributed by atoms with E-state index in [0.29, 0.717) is 29.2 Å². The molecule has 0 aliphatic carbocycles. The Hall–Kier alpha value is -0.560. The van der Waals surface area contributed by atoms with Gasteiger partial charge in [0, 0.05) is 23.6 Å².